The molecular formula is C15H16N6O2. The average Bonchev–Trinajstić information content (AvgIpc) is 3.12. The Morgan fingerprint density at radius 1 is 1.26 bits per heavy atom. The minimum absolute atomic E-state index is 0.175. The Balaban J connectivity index is 1.79. The number of hydrogen-bond donors (Lipinski definition) is 2. The molecule has 8 nitrogen and oxygen atoms in total. The van der Waals surface area contributed by atoms with Crippen LogP contribution in [0.4, 0.5) is 0 Å². The van der Waals surface area contributed by atoms with Crippen LogP contribution in [0.5, 0.6) is 0 Å². The van der Waals surface area contributed by atoms with Gasteiger partial charge in [0.15, 0.2) is 0 Å². The zero-order valence-corrected chi connectivity index (χ0v) is 12.8. The molecule has 0 radical (unpaired) electrons. The van der Waals surface area contributed by atoms with E-state index in [-0.39, 0.29) is 11.5 Å². The van der Waals surface area contributed by atoms with Gasteiger partial charge in [0.2, 0.25) is 5.56 Å². The van der Waals surface area contributed by atoms with E-state index in [2.05, 4.69) is 20.5 Å². The first kappa shape index (κ1) is 14.8. The molecule has 3 heterocycles. The Bertz CT molecular complexity index is 884. The highest BCUT2D eigenvalue weighted by molar-refractivity contribution is 5.99. The van der Waals surface area contributed by atoms with Gasteiger partial charge in [0, 0.05) is 50.9 Å². The Kier molecular flexibility index (Phi) is 3.80. The summed E-state index contributed by atoms with van der Waals surface area (Å²) in [5, 5.41) is 11.3. The molecular weight excluding hydrogens is 296 g/mol. The molecule has 0 fully saturated rings. The predicted octanol–water partition coefficient (Wildman–Crippen LogP) is 0.439. The third kappa shape index (κ3) is 3.20. The largest absolute Gasteiger partial charge is 0.348 e. The van der Waals surface area contributed by atoms with Gasteiger partial charge in [-0.05, 0) is 5.56 Å². The number of aryl methyl sites for hydroxylation is 2. The van der Waals surface area contributed by atoms with Gasteiger partial charge in [-0.1, -0.05) is 6.07 Å². The number of nitrogens with one attached hydrogen (secondary N) is 2. The third-order valence-electron chi connectivity index (χ3n) is 3.35. The van der Waals surface area contributed by atoms with Crippen molar-refractivity contribution in [2.75, 3.05) is 0 Å². The average molecular weight is 312 g/mol. The normalized spacial score (nSPS) is 10.7. The summed E-state index contributed by atoms with van der Waals surface area (Å²) in [4.78, 5) is 26.0. The fourth-order valence-electron chi connectivity index (χ4n) is 2.24. The zero-order chi connectivity index (χ0) is 16.4. The quantitative estimate of drug-likeness (QED) is 0.730. The van der Waals surface area contributed by atoms with Crippen LogP contribution in [0.15, 0.2) is 41.7 Å². The van der Waals surface area contributed by atoms with Crippen molar-refractivity contribution in [3.63, 3.8) is 0 Å². The molecule has 0 aliphatic heterocycles. The molecule has 0 atom stereocenters. The number of amides is 1. The van der Waals surface area contributed by atoms with Gasteiger partial charge in [0.05, 0.1) is 11.8 Å². The minimum atomic E-state index is -0.233. The molecule has 0 aliphatic rings. The molecule has 0 bridgehead atoms. The lowest BCUT2D eigenvalue weighted by Crippen LogP contribution is -2.23. The number of aromatic amines is 1. The molecule has 0 spiro atoms. The molecule has 23 heavy (non-hydrogen) atoms. The summed E-state index contributed by atoms with van der Waals surface area (Å²) in [5.41, 5.74) is 2.47. The van der Waals surface area contributed by atoms with Gasteiger partial charge in [-0.2, -0.15) is 10.2 Å². The third-order valence-corrected chi connectivity index (χ3v) is 3.35. The highest BCUT2D eigenvalue weighted by Crippen LogP contribution is 2.21. The lowest BCUT2D eigenvalue weighted by molar-refractivity contribution is 0.0951. The maximum atomic E-state index is 12.4. The second kappa shape index (κ2) is 5.91. The van der Waals surface area contributed by atoms with Gasteiger partial charge in [-0.25, -0.2) is 0 Å². The van der Waals surface area contributed by atoms with E-state index >= 15 is 0 Å². The monoisotopic (exact) mass is 312 g/mol. The highest BCUT2D eigenvalue weighted by atomic mass is 16.1. The van der Waals surface area contributed by atoms with Crippen molar-refractivity contribution in [2.45, 2.75) is 6.54 Å². The molecule has 118 valence electrons. The van der Waals surface area contributed by atoms with Crippen molar-refractivity contribution in [3.05, 3.63) is 58.4 Å². The lowest BCUT2D eigenvalue weighted by Gasteiger charge is -2.04. The molecule has 3 aromatic heterocycles. The first-order valence-corrected chi connectivity index (χ1v) is 7.01. The van der Waals surface area contributed by atoms with Gasteiger partial charge < -0.3 is 10.3 Å². The van der Waals surface area contributed by atoms with Crippen molar-refractivity contribution < 1.29 is 4.79 Å². The summed E-state index contributed by atoms with van der Waals surface area (Å²) in [7, 11) is 3.57. The van der Waals surface area contributed by atoms with Crippen LogP contribution in [0.3, 0.4) is 0 Å². The van der Waals surface area contributed by atoms with E-state index in [1.54, 1.807) is 47.3 Å². The van der Waals surface area contributed by atoms with Gasteiger partial charge in [0.1, 0.15) is 5.69 Å². The van der Waals surface area contributed by atoms with Crippen molar-refractivity contribution in [1.82, 2.24) is 29.9 Å². The standard InChI is InChI=1S/C15H16N6O2/c1-20-8-11(7-18-20)14-12(9-21(2)19-14)15(23)17-6-10-3-4-13(22)16-5-10/h3-5,7-9H,6H2,1-2H3,(H,16,22)(H,17,23). The van der Waals surface area contributed by atoms with E-state index in [0.717, 1.165) is 11.1 Å². The molecule has 0 unspecified atom stereocenters. The molecule has 0 aromatic carbocycles. The summed E-state index contributed by atoms with van der Waals surface area (Å²) in [6.45, 7) is 0.316. The van der Waals surface area contributed by atoms with Gasteiger partial charge >= 0.3 is 0 Å². The van der Waals surface area contributed by atoms with E-state index < -0.39 is 0 Å². The van der Waals surface area contributed by atoms with Crippen molar-refractivity contribution in [1.29, 1.82) is 0 Å². The second-order valence-electron chi connectivity index (χ2n) is 5.21. The van der Waals surface area contributed by atoms with Gasteiger partial charge in [-0.15, -0.1) is 0 Å². The second-order valence-corrected chi connectivity index (χ2v) is 5.21. The van der Waals surface area contributed by atoms with Crippen LogP contribution >= 0.6 is 0 Å². The highest BCUT2D eigenvalue weighted by Gasteiger charge is 2.18. The number of pyridine rings is 1. The molecule has 3 rings (SSSR count). The van der Waals surface area contributed by atoms with E-state index in [9.17, 15) is 9.59 Å². The number of carbonyl (C=O) groups excluding carboxylic acids is 1. The van der Waals surface area contributed by atoms with Crippen molar-refractivity contribution >= 4 is 5.91 Å². The topological polar surface area (TPSA) is 97.6 Å². The van der Waals surface area contributed by atoms with Crippen molar-refractivity contribution in [2.24, 2.45) is 14.1 Å². The number of aromatic nitrogens is 5. The number of H-pyrrole nitrogens is 1. The fraction of sp³-hybridized carbons (Fsp3) is 0.200. The minimum Gasteiger partial charge on any atom is -0.348 e. The van der Waals surface area contributed by atoms with E-state index in [4.69, 9.17) is 0 Å². The van der Waals surface area contributed by atoms with E-state index in [1.807, 2.05) is 7.05 Å². The Labute approximate surface area is 131 Å². The first-order chi connectivity index (χ1) is 11.0. The predicted molar refractivity (Wildman–Crippen MR) is 83.6 cm³/mol. The van der Waals surface area contributed by atoms with Crippen LogP contribution in [-0.2, 0) is 20.6 Å². The molecule has 3 aromatic rings. The Hall–Kier alpha value is -3.16. The first-order valence-electron chi connectivity index (χ1n) is 7.01. The summed E-state index contributed by atoms with van der Waals surface area (Å²) in [6.07, 6.45) is 6.72. The molecule has 1 amide bonds. The van der Waals surface area contributed by atoms with Gasteiger partial charge in [-0.3, -0.25) is 19.0 Å². The summed E-state index contributed by atoms with van der Waals surface area (Å²) in [6, 6.07) is 3.09. The number of carbonyl (C=O) groups is 1. The lowest BCUT2D eigenvalue weighted by atomic mass is 10.1. The Morgan fingerprint density at radius 2 is 2.09 bits per heavy atom. The molecule has 0 saturated carbocycles. The Morgan fingerprint density at radius 3 is 2.74 bits per heavy atom. The van der Waals surface area contributed by atoms with Crippen LogP contribution in [0.25, 0.3) is 11.3 Å². The summed E-state index contributed by atoms with van der Waals surface area (Å²) < 4.78 is 3.25. The van der Waals surface area contributed by atoms with E-state index in [0.29, 0.717) is 17.8 Å². The van der Waals surface area contributed by atoms with Crippen LogP contribution in [-0.4, -0.2) is 30.5 Å². The van der Waals surface area contributed by atoms with Crippen LogP contribution < -0.4 is 10.9 Å². The smallest absolute Gasteiger partial charge is 0.255 e. The fourth-order valence-corrected chi connectivity index (χ4v) is 2.24. The maximum Gasteiger partial charge on any atom is 0.255 e. The number of hydrogen-bond acceptors (Lipinski definition) is 4. The summed E-state index contributed by atoms with van der Waals surface area (Å²) >= 11 is 0. The summed E-state index contributed by atoms with van der Waals surface area (Å²) in [5.74, 6) is -0.233. The number of rotatable bonds is 4. The van der Waals surface area contributed by atoms with E-state index in [1.165, 1.54) is 6.07 Å². The molecule has 0 aliphatic carbocycles. The van der Waals surface area contributed by atoms with Crippen LogP contribution in [0, 0.1) is 0 Å². The zero-order valence-electron chi connectivity index (χ0n) is 12.8. The molecule has 2 N–H and O–H groups in total. The molecule has 8 heteroatoms. The number of nitrogens with zero attached hydrogens (tertiary/aromatic N) is 4. The SMILES string of the molecule is Cn1cc(-c2nn(C)cc2C(=O)NCc2ccc(=O)[nH]c2)cn1. The van der Waals surface area contributed by atoms with Gasteiger partial charge in [0.25, 0.3) is 5.91 Å². The maximum absolute atomic E-state index is 12.4. The van der Waals surface area contributed by atoms with Crippen LogP contribution in [0.2, 0.25) is 0 Å². The van der Waals surface area contributed by atoms with Crippen LogP contribution in [0.1, 0.15) is 15.9 Å². The van der Waals surface area contributed by atoms with Crippen molar-refractivity contribution in [3.8, 4) is 11.3 Å². The molecule has 0 saturated heterocycles.